The molecule has 27 heavy (non-hydrogen) atoms. The number of rotatable bonds is 10. The van der Waals surface area contributed by atoms with Gasteiger partial charge in [-0.25, -0.2) is 8.42 Å². The van der Waals surface area contributed by atoms with Crippen molar-refractivity contribution in [2.75, 3.05) is 5.75 Å². The van der Waals surface area contributed by atoms with E-state index >= 15 is 0 Å². The van der Waals surface area contributed by atoms with E-state index in [1.807, 2.05) is 6.92 Å². The van der Waals surface area contributed by atoms with Crippen molar-refractivity contribution in [3.05, 3.63) is 47.7 Å². The second-order valence-corrected chi connectivity index (χ2v) is 8.26. The molecule has 9 heteroatoms. The first-order valence-corrected chi connectivity index (χ1v) is 10.6. The largest absolute Gasteiger partial charge is 0.418 e. The zero-order valence-corrected chi connectivity index (χ0v) is 16.2. The minimum absolute atomic E-state index is 0.126. The van der Waals surface area contributed by atoms with Crippen molar-refractivity contribution < 1.29 is 22.4 Å². The van der Waals surface area contributed by atoms with Gasteiger partial charge < -0.3 is 9.73 Å². The highest BCUT2D eigenvalue weighted by Crippen LogP contribution is 2.09. The Labute approximate surface area is 158 Å². The number of amides is 1. The van der Waals surface area contributed by atoms with E-state index in [-0.39, 0.29) is 23.8 Å². The number of hydrogen-bond donors (Lipinski definition) is 1. The molecule has 0 unspecified atom stereocenters. The van der Waals surface area contributed by atoms with Gasteiger partial charge in [0.05, 0.1) is 17.5 Å². The zero-order chi connectivity index (χ0) is 19.9. The van der Waals surface area contributed by atoms with Crippen LogP contribution >= 0.6 is 0 Å². The van der Waals surface area contributed by atoms with Gasteiger partial charge in [0.15, 0.2) is 9.84 Å². The van der Waals surface area contributed by atoms with Gasteiger partial charge in [0.25, 0.3) is 5.89 Å². The molecule has 0 fully saturated rings. The van der Waals surface area contributed by atoms with Gasteiger partial charge in [-0.05, 0) is 12.0 Å². The summed E-state index contributed by atoms with van der Waals surface area (Å²) in [5, 5.41) is 9.96. The van der Waals surface area contributed by atoms with Crippen LogP contribution in [0.25, 0.3) is 0 Å². The normalized spacial score (nSPS) is 12.5. The number of benzene rings is 1. The minimum Gasteiger partial charge on any atom is -0.418 e. The summed E-state index contributed by atoms with van der Waals surface area (Å²) in [6.45, 7) is 3.54. The average molecular weight is 393 g/mol. The molecule has 0 spiro atoms. The van der Waals surface area contributed by atoms with Gasteiger partial charge >= 0.3 is 0 Å². The molecule has 0 radical (unpaired) electrons. The van der Waals surface area contributed by atoms with Crippen LogP contribution in [0.3, 0.4) is 0 Å². The van der Waals surface area contributed by atoms with Gasteiger partial charge in [-0.15, -0.1) is 10.2 Å². The van der Waals surface area contributed by atoms with Crippen LogP contribution in [0.4, 0.5) is 0 Å². The van der Waals surface area contributed by atoms with E-state index in [4.69, 9.17) is 4.42 Å². The summed E-state index contributed by atoms with van der Waals surface area (Å²) < 4.78 is 29.6. The number of Topliss-reactive ketones (excluding diaryl/α,β-unsaturated/α-hetero) is 1. The van der Waals surface area contributed by atoms with E-state index in [2.05, 4.69) is 15.5 Å². The lowest BCUT2D eigenvalue weighted by atomic mass is 10.1. The monoisotopic (exact) mass is 393 g/mol. The maximum atomic E-state index is 12.4. The highest BCUT2D eigenvalue weighted by molar-refractivity contribution is 7.90. The number of carbonyl (C=O) groups is 2. The van der Waals surface area contributed by atoms with Gasteiger partial charge in [0, 0.05) is 12.8 Å². The summed E-state index contributed by atoms with van der Waals surface area (Å²) in [5.74, 6) is -1.23. The van der Waals surface area contributed by atoms with E-state index in [9.17, 15) is 18.0 Å². The van der Waals surface area contributed by atoms with Crippen LogP contribution in [-0.4, -0.2) is 42.1 Å². The number of aromatic nitrogens is 2. The van der Waals surface area contributed by atoms with Crippen LogP contribution in [0.1, 0.15) is 48.8 Å². The van der Waals surface area contributed by atoms with Gasteiger partial charge in [0.2, 0.25) is 17.6 Å². The Morgan fingerprint density at radius 1 is 1.15 bits per heavy atom. The number of aryl methyl sites for hydroxylation is 1. The standard InChI is InChI=1S/C18H23N3O5S/c1-3-14(17(23)18-21-20-16(4-2)26-18)19-15(22)10-11-27(24,25)12-13-8-6-5-7-9-13/h5-9,14H,3-4,10-12H2,1-2H3,(H,19,22)/t14-/m0/s1. The van der Waals surface area contributed by atoms with Crippen molar-refractivity contribution in [1.29, 1.82) is 0 Å². The lowest BCUT2D eigenvalue weighted by Gasteiger charge is -2.14. The maximum absolute atomic E-state index is 12.4. The van der Waals surface area contributed by atoms with Gasteiger partial charge in [-0.3, -0.25) is 9.59 Å². The molecule has 1 atom stereocenters. The van der Waals surface area contributed by atoms with Gasteiger partial charge in [-0.1, -0.05) is 44.2 Å². The van der Waals surface area contributed by atoms with Crippen LogP contribution in [0, 0.1) is 0 Å². The Bertz CT molecular complexity index is 877. The number of nitrogens with zero attached hydrogens (tertiary/aromatic N) is 2. The van der Waals surface area contributed by atoms with Crippen molar-refractivity contribution >= 4 is 21.5 Å². The SMILES string of the molecule is CCc1nnc(C(=O)[C@H](CC)NC(=O)CCS(=O)(=O)Cc2ccccc2)o1. The van der Waals surface area contributed by atoms with Crippen molar-refractivity contribution in [3.8, 4) is 0 Å². The predicted octanol–water partition coefficient (Wildman–Crippen LogP) is 1.71. The second kappa shape index (κ2) is 9.40. The lowest BCUT2D eigenvalue weighted by molar-refractivity contribution is -0.121. The predicted molar refractivity (Wildman–Crippen MR) is 98.8 cm³/mol. The minimum atomic E-state index is -3.43. The molecule has 1 N–H and O–H groups in total. The highest BCUT2D eigenvalue weighted by atomic mass is 32.2. The fourth-order valence-corrected chi connectivity index (χ4v) is 3.75. The first-order chi connectivity index (χ1) is 12.8. The van der Waals surface area contributed by atoms with Crippen LogP contribution in [0.2, 0.25) is 0 Å². The van der Waals surface area contributed by atoms with Gasteiger partial charge in [-0.2, -0.15) is 0 Å². The Morgan fingerprint density at radius 2 is 1.85 bits per heavy atom. The summed E-state index contributed by atoms with van der Waals surface area (Å²) in [5.41, 5.74) is 0.669. The van der Waals surface area contributed by atoms with E-state index in [1.165, 1.54) is 0 Å². The van der Waals surface area contributed by atoms with Crippen molar-refractivity contribution in [2.45, 2.75) is 44.9 Å². The molecule has 1 aromatic carbocycles. The summed E-state index contributed by atoms with van der Waals surface area (Å²) in [7, 11) is -3.43. The molecule has 0 saturated heterocycles. The molecule has 2 aromatic rings. The van der Waals surface area contributed by atoms with E-state index in [0.717, 1.165) is 0 Å². The molecular formula is C18H23N3O5S. The topological polar surface area (TPSA) is 119 Å². The van der Waals surface area contributed by atoms with Crippen LogP contribution in [0.15, 0.2) is 34.7 Å². The smallest absolute Gasteiger partial charge is 0.286 e. The number of ketones is 1. The van der Waals surface area contributed by atoms with Crippen molar-refractivity contribution in [1.82, 2.24) is 15.5 Å². The fraction of sp³-hybridized carbons (Fsp3) is 0.444. The summed E-state index contributed by atoms with van der Waals surface area (Å²) in [6.07, 6.45) is 0.608. The van der Waals surface area contributed by atoms with E-state index in [0.29, 0.717) is 24.3 Å². The highest BCUT2D eigenvalue weighted by Gasteiger charge is 2.26. The van der Waals surface area contributed by atoms with Crippen LogP contribution < -0.4 is 5.32 Å². The molecule has 1 aromatic heterocycles. The Morgan fingerprint density at radius 3 is 2.44 bits per heavy atom. The summed E-state index contributed by atoms with van der Waals surface area (Å²) in [4.78, 5) is 24.5. The maximum Gasteiger partial charge on any atom is 0.286 e. The Kier molecular flexibility index (Phi) is 7.23. The molecule has 1 heterocycles. The molecule has 1 amide bonds. The molecule has 146 valence electrons. The Balaban J connectivity index is 1.90. The number of carbonyl (C=O) groups excluding carboxylic acids is 2. The molecular weight excluding hydrogens is 370 g/mol. The van der Waals surface area contributed by atoms with Crippen molar-refractivity contribution in [2.24, 2.45) is 0 Å². The van der Waals surface area contributed by atoms with E-state index in [1.54, 1.807) is 37.3 Å². The third-order valence-electron chi connectivity index (χ3n) is 3.91. The molecule has 0 aliphatic rings. The quantitative estimate of drug-likeness (QED) is 0.610. The fourth-order valence-electron chi connectivity index (χ4n) is 2.41. The third-order valence-corrected chi connectivity index (χ3v) is 5.51. The Hall–Kier alpha value is -2.55. The van der Waals surface area contributed by atoms with Crippen LogP contribution in [0.5, 0.6) is 0 Å². The number of hydrogen-bond acceptors (Lipinski definition) is 7. The van der Waals surface area contributed by atoms with Gasteiger partial charge in [0.1, 0.15) is 0 Å². The molecule has 0 aliphatic heterocycles. The number of sulfone groups is 1. The summed E-state index contributed by atoms with van der Waals surface area (Å²) >= 11 is 0. The number of nitrogens with one attached hydrogen (secondary N) is 1. The molecule has 0 aliphatic carbocycles. The second-order valence-electron chi connectivity index (χ2n) is 6.07. The molecule has 0 saturated carbocycles. The molecule has 2 rings (SSSR count). The van der Waals surface area contributed by atoms with Crippen LogP contribution in [-0.2, 0) is 26.8 Å². The third kappa shape index (κ3) is 6.28. The summed E-state index contributed by atoms with van der Waals surface area (Å²) in [6, 6.07) is 7.93. The first kappa shape index (κ1) is 20.8. The van der Waals surface area contributed by atoms with Crippen molar-refractivity contribution in [3.63, 3.8) is 0 Å². The first-order valence-electron chi connectivity index (χ1n) is 8.75. The van der Waals surface area contributed by atoms with E-state index < -0.39 is 27.6 Å². The molecule has 0 bridgehead atoms. The lowest BCUT2D eigenvalue weighted by Crippen LogP contribution is -2.41. The zero-order valence-electron chi connectivity index (χ0n) is 15.3. The molecule has 8 nitrogen and oxygen atoms in total. The average Bonchev–Trinajstić information content (AvgIpc) is 3.14.